The summed E-state index contributed by atoms with van der Waals surface area (Å²) in [6.07, 6.45) is 0. The highest BCUT2D eigenvalue weighted by molar-refractivity contribution is 5.93. The van der Waals surface area contributed by atoms with Crippen LogP contribution in [0.5, 0.6) is 0 Å². The molecule has 0 spiro atoms. The number of hydrogen-bond acceptors (Lipinski definition) is 1. The van der Waals surface area contributed by atoms with Crippen molar-refractivity contribution in [1.29, 1.82) is 0 Å². The molecule has 0 aromatic heterocycles. The molecule has 0 heterocycles. The van der Waals surface area contributed by atoms with Crippen molar-refractivity contribution >= 4 is 11.6 Å². The zero-order chi connectivity index (χ0) is 10.8. The maximum absolute atomic E-state index is 10.9. The number of benzene rings is 1. The minimum absolute atomic E-state index is 0.116. The van der Waals surface area contributed by atoms with E-state index in [0.717, 1.165) is 5.69 Å². The van der Waals surface area contributed by atoms with Gasteiger partial charge in [0.05, 0.1) is 0 Å². The van der Waals surface area contributed by atoms with Gasteiger partial charge in [-0.05, 0) is 12.1 Å². The van der Waals surface area contributed by atoms with Gasteiger partial charge in [0.25, 0.3) is 6.54 Å². The highest BCUT2D eigenvalue weighted by Gasteiger charge is 2.02. The van der Waals surface area contributed by atoms with Crippen LogP contribution in [0.4, 0.5) is 5.69 Å². The third kappa shape index (κ3) is 4.94. The molecule has 0 saturated heterocycles. The third-order valence-corrected chi connectivity index (χ3v) is 1.28. The van der Waals surface area contributed by atoms with Crippen LogP contribution >= 0.6 is 0 Å². The van der Waals surface area contributed by atoms with Crippen molar-refractivity contribution in [1.82, 2.24) is 0 Å². The lowest BCUT2D eigenvalue weighted by Gasteiger charge is -1.98. The molecule has 0 atom stereocenters. The van der Waals surface area contributed by atoms with E-state index in [0.29, 0.717) is 0 Å². The van der Waals surface area contributed by atoms with Crippen LogP contribution in [0, 0.1) is 6.57 Å². The Balaban J connectivity index is 0.000000791. The molecule has 1 aromatic rings. The average molecular weight is 190 g/mol. The third-order valence-electron chi connectivity index (χ3n) is 1.28. The molecule has 0 aliphatic carbocycles. The van der Waals surface area contributed by atoms with Crippen LogP contribution in [0.2, 0.25) is 0 Å². The Labute approximate surface area is 84.6 Å². The van der Waals surface area contributed by atoms with Gasteiger partial charge in [0.15, 0.2) is 0 Å². The van der Waals surface area contributed by atoms with Gasteiger partial charge in [-0.15, -0.1) is 0 Å². The zero-order valence-corrected chi connectivity index (χ0v) is 8.45. The fourth-order valence-electron chi connectivity index (χ4n) is 0.794. The van der Waals surface area contributed by atoms with E-state index in [-0.39, 0.29) is 12.5 Å². The molecule has 0 saturated carbocycles. The molecule has 0 fully saturated rings. The SMILES string of the molecule is CC.[C-]#[N+]CC(=O)Nc1ccccc1. The van der Waals surface area contributed by atoms with E-state index in [4.69, 9.17) is 6.57 Å². The maximum atomic E-state index is 10.9. The van der Waals surface area contributed by atoms with Gasteiger partial charge in [-0.2, -0.15) is 0 Å². The van der Waals surface area contributed by atoms with Gasteiger partial charge in [0, 0.05) is 5.69 Å². The fourth-order valence-corrected chi connectivity index (χ4v) is 0.794. The van der Waals surface area contributed by atoms with E-state index >= 15 is 0 Å². The molecule has 1 aromatic carbocycles. The summed E-state index contributed by atoms with van der Waals surface area (Å²) in [4.78, 5) is 13.9. The summed E-state index contributed by atoms with van der Waals surface area (Å²) in [6.45, 7) is 10.3. The van der Waals surface area contributed by atoms with Crippen molar-refractivity contribution in [3.05, 3.63) is 41.7 Å². The summed E-state index contributed by atoms with van der Waals surface area (Å²) in [5.74, 6) is -0.267. The van der Waals surface area contributed by atoms with Gasteiger partial charge in [0.2, 0.25) is 0 Å². The lowest BCUT2D eigenvalue weighted by molar-refractivity contribution is -0.114. The molecule has 3 nitrogen and oxygen atoms in total. The molecule has 0 unspecified atom stereocenters. The topological polar surface area (TPSA) is 33.5 Å². The lowest BCUT2D eigenvalue weighted by atomic mass is 10.3. The average Bonchev–Trinajstić information content (AvgIpc) is 2.22. The van der Waals surface area contributed by atoms with E-state index in [1.807, 2.05) is 32.0 Å². The summed E-state index contributed by atoms with van der Waals surface area (Å²) < 4.78 is 0. The number of carbonyl (C=O) groups excluding carboxylic acids is 1. The normalized spacial score (nSPS) is 7.79. The molecular weight excluding hydrogens is 176 g/mol. The quantitative estimate of drug-likeness (QED) is 0.714. The second kappa shape index (κ2) is 7.81. The van der Waals surface area contributed by atoms with E-state index in [1.165, 1.54) is 0 Å². The van der Waals surface area contributed by atoms with E-state index in [9.17, 15) is 4.79 Å². The Kier molecular flexibility index (Phi) is 6.79. The predicted octanol–water partition coefficient (Wildman–Crippen LogP) is 2.57. The van der Waals surface area contributed by atoms with Crippen LogP contribution in [-0.4, -0.2) is 12.5 Å². The first-order valence-electron chi connectivity index (χ1n) is 4.51. The first kappa shape index (κ1) is 12.2. The molecule has 0 bridgehead atoms. The number of nitrogens with one attached hydrogen (secondary N) is 1. The van der Waals surface area contributed by atoms with Crippen LogP contribution in [0.1, 0.15) is 13.8 Å². The van der Waals surface area contributed by atoms with Gasteiger partial charge in [0.1, 0.15) is 0 Å². The number of para-hydroxylation sites is 1. The van der Waals surface area contributed by atoms with Crippen LogP contribution < -0.4 is 5.32 Å². The second-order valence-corrected chi connectivity index (χ2v) is 2.23. The van der Waals surface area contributed by atoms with Gasteiger partial charge in [-0.3, -0.25) is 4.79 Å². The predicted molar refractivity (Wildman–Crippen MR) is 57.9 cm³/mol. The van der Waals surface area contributed by atoms with Crippen molar-refractivity contribution in [3.8, 4) is 0 Å². The van der Waals surface area contributed by atoms with Crippen LogP contribution in [0.15, 0.2) is 30.3 Å². The standard InChI is InChI=1S/C9H8N2O.C2H6/c1-10-7-9(12)11-8-5-3-2-4-6-8;1-2/h2-6H,7H2,(H,11,12);1-2H3. The fraction of sp³-hybridized carbons (Fsp3) is 0.273. The van der Waals surface area contributed by atoms with Crippen LogP contribution in [-0.2, 0) is 4.79 Å². The molecule has 1 rings (SSSR count). The van der Waals surface area contributed by atoms with Gasteiger partial charge < -0.3 is 10.2 Å². The summed E-state index contributed by atoms with van der Waals surface area (Å²) >= 11 is 0. The van der Waals surface area contributed by atoms with Gasteiger partial charge in [-0.25, -0.2) is 6.57 Å². The number of amides is 1. The van der Waals surface area contributed by atoms with E-state index < -0.39 is 0 Å². The van der Waals surface area contributed by atoms with Crippen molar-refractivity contribution < 1.29 is 4.79 Å². The highest BCUT2D eigenvalue weighted by atomic mass is 16.1. The Morgan fingerprint density at radius 2 is 1.93 bits per heavy atom. The number of rotatable bonds is 2. The molecule has 74 valence electrons. The number of anilines is 1. The van der Waals surface area contributed by atoms with Crippen LogP contribution in [0.3, 0.4) is 0 Å². The summed E-state index contributed by atoms with van der Waals surface area (Å²) in [5, 5.41) is 2.59. The largest absolute Gasteiger partial charge is 0.320 e. The number of hydrogen-bond donors (Lipinski definition) is 1. The molecule has 14 heavy (non-hydrogen) atoms. The summed E-state index contributed by atoms with van der Waals surface area (Å²) in [6, 6.07) is 9.08. The summed E-state index contributed by atoms with van der Waals surface area (Å²) in [5.41, 5.74) is 0.728. The zero-order valence-electron chi connectivity index (χ0n) is 8.45. The van der Waals surface area contributed by atoms with Crippen molar-refractivity contribution in [2.24, 2.45) is 0 Å². The Hall–Kier alpha value is -1.82. The van der Waals surface area contributed by atoms with Gasteiger partial charge >= 0.3 is 5.91 Å². The Bertz CT molecular complexity index is 301. The van der Waals surface area contributed by atoms with Crippen molar-refractivity contribution in [3.63, 3.8) is 0 Å². The maximum Gasteiger partial charge on any atom is 0.304 e. The molecule has 3 heteroatoms. The lowest BCUT2D eigenvalue weighted by Crippen LogP contribution is -2.13. The van der Waals surface area contributed by atoms with Crippen LogP contribution in [0.25, 0.3) is 4.85 Å². The molecule has 0 aliphatic rings. The number of nitrogens with zero attached hydrogens (tertiary/aromatic N) is 1. The van der Waals surface area contributed by atoms with Crippen molar-refractivity contribution in [2.75, 3.05) is 11.9 Å². The molecule has 1 amide bonds. The molecule has 1 N–H and O–H groups in total. The highest BCUT2D eigenvalue weighted by Crippen LogP contribution is 2.03. The second-order valence-electron chi connectivity index (χ2n) is 2.23. The monoisotopic (exact) mass is 190 g/mol. The smallest absolute Gasteiger partial charge is 0.304 e. The van der Waals surface area contributed by atoms with E-state index in [2.05, 4.69) is 10.2 Å². The molecule has 0 radical (unpaired) electrons. The minimum atomic E-state index is -0.267. The Morgan fingerprint density at radius 1 is 1.36 bits per heavy atom. The Morgan fingerprint density at radius 3 is 2.43 bits per heavy atom. The van der Waals surface area contributed by atoms with Crippen molar-refractivity contribution in [2.45, 2.75) is 13.8 Å². The first-order valence-corrected chi connectivity index (χ1v) is 4.51. The summed E-state index contributed by atoms with van der Waals surface area (Å²) in [7, 11) is 0. The van der Waals surface area contributed by atoms with E-state index in [1.54, 1.807) is 12.1 Å². The molecule has 0 aliphatic heterocycles. The number of carbonyl (C=O) groups is 1. The minimum Gasteiger partial charge on any atom is -0.320 e. The first-order chi connectivity index (χ1) is 6.83. The van der Waals surface area contributed by atoms with Gasteiger partial charge in [-0.1, -0.05) is 32.0 Å². The molecular formula is C11H14N2O.